The number of nitrogens with one attached hydrogen (secondary N) is 1. The summed E-state index contributed by atoms with van der Waals surface area (Å²) in [4.78, 5) is 10.9. The zero-order chi connectivity index (χ0) is 13.0. The monoisotopic (exact) mass is 262 g/mol. The number of nitrogens with zero attached hydrogens (tertiary/aromatic N) is 3. The van der Waals surface area contributed by atoms with Gasteiger partial charge in [0.2, 0.25) is 0 Å². The van der Waals surface area contributed by atoms with E-state index in [2.05, 4.69) is 45.6 Å². The highest BCUT2D eigenvalue weighted by Gasteiger charge is 2.11. The number of hydrogen-bond donors (Lipinski definition) is 1. The lowest BCUT2D eigenvalue weighted by Crippen LogP contribution is -2.17. The third-order valence-corrected chi connectivity index (χ3v) is 3.83. The molecule has 0 saturated heterocycles. The summed E-state index contributed by atoms with van der Waals surface area (Å²) in [6.07, 6.45) is 3.68. The Morgan fingerprint density at radius 2 is 2.33 bits per heavy atom. The lowest BCUT2D eigenvalue weighted by molar-refractivity contribution is 0.636. The van der Waals surface area contributed by atoms with E-state index in [1.165, 1.54) is 5.56 Å². The number of thiazole rings is 1. The largest absolute Gasteiger partial charge is 0.347 e. The Bertz CT molecular complexity index is 483. The van der Waals surface area contributed by atoms with Crippen LogP contribution in [0.3, 0.4) is 0 Å². The van der Waals surface area contributed by atoms with Crippen LogP contribution in [0.15, 0.2) is 29.9 Å². The van der Waals surface area contributed by atoms with Gasteiger partial charge < -0.3 is 10.2 Å². The van der Waals surface area contributed by atoms with Crippen LogP contribution in [-0.2, 0) is 6.54 Å². The average Bonchev–Trinajstić information content (AvgIpc) is 2.88. The normalized spacial score (nSPS) is 12.4. The minimum absolute atomic E-state index is 0.293. The van der Waals surface area contributed by atoms with Crippen molar-refractivity contribution >= 4 is 16.5 Å². The van der Waals surface area contributed by atoms with Crippen molar-refractivity contribution in [2.45, 2.75) is 19.5 Å². The van der Waals surface area contributed by atoms with Gasteiger partial charge in [-0.25, -0.2) is 4.98 Å². The minimum atomic E-state index is 0.293. The summed E-state index contributed by atoms with van der Waals surface area (Å²) in [6.45, 7) is 2.94. The van der Waals surface area contributed by atoms with Gasteiger partial charge in [-0.3, -0.25) is 4.98 Å². The molecule has 2 aromatic heterocycles. The maximum absolute atomic E-state index is 4.64. The number of hydrogen-bond acceptors (Lipinski definition) is 5. The van der Waals surface area contributed by atoms with Crippen LogP contribution in [0.5, 0.6) is 0 Å². The highest BCUT2D eigenvalue weighted by Crippen LogP contribution is 2.24. The van der Waals surface area contributed by atoms with E-state index in [1.807, 2.05) is 19.3 Å². The molecule has 2 aromatic rings. The Balaban J connectivity index is 2.05. The molecular formula is C13H18N4S. The molecule has 0 aromatic carbocycles. The third-order valence-electron chi connectivity index (χ3n) is 2.86. The van der Waals surface area contributed by atoms with Crippen LogP contribution >= 0.6 is 11.3 Å². The molecular weight excluding hydrogens is 244 g/mol. The first-order valence-electron chi connectivity index (χ1n) is 5.93. The lowest BCUT2D eigenvalue weighted by atomic mass is 10.3. The molecule has 0 radical (unpaired) electrons. The second-order valence-electron chi connectivity index (χ2n) is 4.28. The standard InChI is InChI=1S/C13H18N4S/c1-10(14-2)12-9-18-13(16-12)17(3)8-11-5-4-6-15-7-11/h4-7,9-10,14H,8H2,1-3H3. The van der Waals surface area contributed by atoms with Crippen LogP contribution in [0.4, 0.5) is 5.13 Å². The molecule has 0 aliphatic carbocycles. The first-order valence-corrected chi connectivity index (χ1v) is 6.81. The molecule has 0 amide bonds. The van der Waals surface area contributed by atoms with Crippen molar-refractivity contribution < 1.29 is 0 Å². The highest BCUT2D eigenvalue weighted by molar-refractivity contribution is 7.13. The molecule has 2 rings (SSSR count). The molecule has 4 nitrogen and oxygen atoms in total. The van der Waals surface area contributed by atoms with Crippen molar-refractivity contribution in [3.05, 3.63) is 41.2 Å². The third kappa shape index (κ3) is 3.05. The fourth-order valence-corrected chi connectivity index (χ4v) is 2.52. The number of aromatic nitrogens is 2. The van der Waals surface area contributed by atoms with Crippen molar-refractivity contribution in [3.8, 4) is 0 Å². The number of pyridine rings is 1. The highest BCUT2D eigenvalue weighted by atomic mass is 32.1. The zero-order valence-electron chi connectivity index (χ0n) is 10.9. The van der Waals surface area contributed by atoms with E-state index in [0.29, 0.717) is 6.04 Å². The molecule has 0 aliphatic rings. The summed E-state index contributed by atoms with van der Waals surface area (Å²) in [5.41, 5.74) is 2.29. The summed E-state index contributed by atoms with van der Waals surface area (Å²) >= 11 is 1.67. The van der Waals surface area contributed by atoms with Crippen LogP contribution in [-0.4, -0.2) is 24.1 Å². The van der Waals surface area contributed by atoms with Gasteiger partial charge in [0.05, 0.1) is 5.69 Å². The lowest BCUT2D eigenvalue weighted by Gasteiger charge is -2.15. The Kier molecular flexibility index (Phi) is 4.28. The van der Waals surface area contributed by atoms with Gasteiger partial charge >= 0.3 is 0 Å². The predicted octanol–water partition coefficient (Wildman–Crippen LogP) is 2.45. The van der Waals surface area contributed by atoms with Gasteiger partial charge in [0.25, 0.3) is 0 Å². The van der Waals surface area contributed by atoms with E-state index in [4.69, 9.17) is 0 Å². The van der Waals surface area contributed by atoms with Crippen LogP contribution in [0.2, 0.25) is 0 Å². The smallest absolute Gasteiger partial charge is 0.185 e. The number of anilines is 1. The van der Waals surface area contributed by atoms with Gasteiger partial charge in [-0.2, -0.15) is 0 Å². The zero-order valence-corrected chi connectivity index (χ0v) is 11.7. The Morgan fingerprint density at radius 1 is 1.50 bits per heavy atom. The molecule has 0 bridgehead atoms. The average molecular weight is 262 g/mol. The Morgan fingerprint density at radius 3 is 3.00 bits per heavy atom. The molecule has 2 heterocycles. The molecule has 18 heavy (non-hydrogen) atoms. The SMILES string of the molecule is CNC(C)c1csc(N(C)Cc2cccnc2)n1. The second kappa shape index (κ2) is 5.93. The topological polar surface area (TPSA) is 41.0 Å². The maximum Gasteiger partial charge on any atom is 0.185 e. The first-order chi connectivity index (χ1) is 8.70. The molecule has 96 valence electrons. The minimum Gasteiger partial charge on any atom is -0.347 e. The molecule has 1 N–H and O–H groups in total. The van der Waals surface area contributed by atoms with Crippen molar-refractivity contribution in [1.29, 1.82) is 0 Å². The Labute approximate surface area is 112 Å². The van der Waals surface area contributed by atoms with E-state index in [1.54, 1.807) is 17.5 Å². The van der Waals surface area contributed by atoms with Crippen LogP contribution < -0.4 is 10.2 Å². The summed E-state index contributed by atoms with van der Waals surface area (Å²) in [7, 11) is 4.00. The van der Waals surface area contributed by atoms with E-state index >= 15 is 0 Å². The molecule has 0 aliphatic heterocycles. The van der Waals surface area contributed by atoms with Gasteiger partial charge in [0.15, 0.2) is 5.13 Å². The van der Waals surface area contributed by atoms with Crippen molar-refractivity contribution in [1.82, 2.24) is 15.3 Å². The van der Waals surface area contributed by atoms with E-state index in [9.17, 15) is 0 Å². The van der Waals surface area contributed by atoms with Crippen molar-refractivity contribution in [2.75, 3.05) is 19.0 Å². The summed E-state index contributed by atoms with van der Waals surface area (Å²) in [5, 5.41) is 6.34. The predicted molar refractivity (Wildman–Crippen MR) is 75.9 cm³/mol. The summed E-state index contributed by atoms with van der Waals surface area (Å²) in [5.74, 6) is 0. The molecule has 1 atom stereocenters. The van der Waals surface area contributed by atoms with Gasteiger partial charge in [-0.1, -0.05) is 6.07 Å². The van der Waals surface area contributed by atoms with Gasteiger partial charge in [0.1, 0.15) is 0 Å². The summed E-state index contributed by atoms with van der Waals surface area (Å²) < 4.78 is 0. The Hall–Kier alpha value is -1.46. The van der Waals surface area contributed by atoms with E-state index < -0.39 is 0 Å². The van der Waals surface area contributed by atoms with Crippen molar-refractivity contribution in [3.63, 3.8) is 0 Å². The van der Waals surface area contributed by atoms with Gasteiger partial charge in [-0.05, 0) is 25.6 Å². The molecule has 0 spiro atoms. The first kappa shape index (κ1) is 13.0. The summed E-state index contributed by atoms with van der Waals surface area (Å²) in [6, 6.07) is 4.33. The molecule has 1 unspecified atom stereocenters. The quantitative estimate of drug-likeness (QED) is 0.898. The fourth-order valence-electron chi connectivity index (χ4n) is 1.63. The van der Waals surface area contributed by atoms with E-state index in [0.717, 1.165) is 17.4 Å². The molecule has 5 heteroatoms. The molecule has 0 saturated carbocycles. The van der Waals surface area contributed by atoms with Crippen LogP contribution in [0.25, 0.3) is 0 Å². The van der Waals surface area contributed by atoms with Crippen LogP contribution in [0, 0.1) is 0 Å². The van der Waals surface area contributed by atoms with Gasteiger partial charge in [0, 0.05) is 37.4 Å². The molecule has 0 fully saturated rings. The fraction of sp³-hybridized carbons (Fsp3) is 0.385. The van der Waals surface area contributed by atoms with Gasteiger partial charge in [-0.15, -0.1) is 11.3 Å². The second-order valence-corrected chi connectivity index (χ2v) is 5.12. The van der Waals surface area contributed by atoms with Crippen LogP contribution in [0.1, 0.15) is 24.2 Å². The van der Waals surface area contributed by atoms with Crippen molar-refractivity contribution in [2.24, 2.45) is 0 Å². The number of rotatable bonds is 5. The maximum atomic E-state index is 4.64. The van der Waals surface area contributed by atoms with E-state index in [-0.39, 0.29) is 0 Å².